The third-order valence-corrected chi connectivity index (χ3v) is 18.4. The highest BCUT2D eigenvalue weighted by molar-refractivity contribution is 5.77. The van der Waals surface area contributed by atoms with Crippen molar-refractivity contribution in [3.63, 3.8) is 0 Å². The fourth-order valence-electron chi connectivity index (χ4n) is 12.8. The van der Waals surface area contributed by atoms with Crippen molar-refractivity contribution in [2.24, 2.45) is 0 Å². The lowest BCUT2D eigenvalue weighted by Gasteiger charge is -2.51. The SMILES string of the molecule is CC(=O)N[C@H]1[C@H](O[C@H]2[C@@H](O)[C@@H](CO[C@@H]3O[C@H](CO)[C@@H](O[C@@H]4O[C@H](CO)[C@H](O)[C@H](O)[C@H]4O)[C@H](O[C@@H]4O[C@@H](C)[C@@H](O)[C@@H](O)[C@@H]4O)[C@H]3NC(C)=O)O[C@@H](O[C@@H]([C@H](O)[C@@H](O)CO)[C@H](O)CO)[C@@H]2O)O[C@H](CO)[C@@H](O[C@@H]2O[C@H](CO)[C@H](O)[C@H](O[C@]3(C(=O)O)C[C@H](O)[C@@H](NC(C)=O)[C@H]([C@H](O)[C@H](O)CO)O3)[C@H]2O)[C@@H]1O. The molecule has 0 aromatic rings. The van der Waals surface area contributed by atoms with E-state index in [4.69, 9.17) is 66.3 Å². The van der Waals surface area contributed by atoms with E-state index in [9.17, 15) is 147 Å². The van der Waals surface area contributed by atoms with E-state index in [2.05, 4.69) is 16.0 Å². The van der Waals surface area contributed by atoms with Crippen molar-refractivity contribution in [3.8, 4) is 0 Å². The van der Waals surface area contributed by atoms with Gasteiger partial charge in [-0.05, 0) is 6.92 Å². The van der Waals surface area contributed by atoms with E-state index < -0.39 is 328 Å². The third kappa shape index (κ3) is 19.5. The van der Waals surface area contributed by atoms with Gasteiger partial charge in [0.1, 0.15) is 183 Å². The second-order valence-corrected chi connectivity index (χ2v) is 25.8. The molecular weight excluding hydrogens is 1410 g/mol. The highest BCUT2D eigenvalue weighted by Gasteiger charge is 2.62. The minimum absolute atomic E-state index is 0.868. The number of hydrogen-bond acceptors (Lipinski definition) is 42. The number of amides is 3. The van der Waals surface area contributed by atoms with Crippen molar-refractivity contribution in [2.45, 2.75) is 279 Å². The van der Waals surface area contributed by atoms with Gasteiger partial charge in [0.25, 0.3) is 5.79 Å². The highest BCUT2D eigenvalue weighted by Crippen LogP contribution is 2.41. The van der Waals surface area contributed by atoms with Gasteiger partial charge >= 0.3 is 5.97 Å². The van der Waals surface area contributed by atoms with E-state index in [0.717, 1.165) is 20.8 Å². The molecule has 3 amide bonds. The average Bonchev–Trinajstić information content (AvgIpc) is 0.766. The molecule has 40 atom stereocenters. The summed E-state index contributed by atoms with van der Waals surface area (Å²) in [6, 6.07) is -5.70. The molecular formula is C57H97N3O43. The number of carbonyl (C=O) groups is 4. The lowest BCUT2D eigenvalue weighted by molar-refractivity contribution is -0.390. The van der Waals surface area contributed by atoms with Crippen LogP contribution in [0.4, 0.5) is 0 Å². The molecule has 7 aliphatic heterocycles. The smallest absolute Gasteiger partial charge is 0.364 e. The maximum atomic E-state index is 13.2. The Morgan fingerprint density at radius 3 is 1.44 bits per heavy atom. The first-order valence-corrected chi connectivity index (χ1v) is 32.5. The summed E-state index contributed by atoms with van der Waals surface area (Å²) in [5.41, 5.74) is 0. The summed E-state index contributed by atoms with van der Waals surface area (Å²) in [6.45, 7) is -5.40. The van der Waals surface area contributed by atoms with Crippen LogP contribution >= 0.6 is 0 Å². The van der Waals surface area contributed by atoms with Crippen molar-refractivity contribution in [1.82, 2.24) is 16.0 Å². The number of aliphatic hydroxyl groups is 24. The van der Waals surface area contributed by atoms with Gasteiger partial charge in [0, 0.05) is 27.2 Å². The summed E-state index contributed by atoms with van der Waals surface area (Å²) in [4.78, 5) is 51.6. The summed E-state index contributed by atoms with van der Waals surface area (Å²) >= 11 is 0. The second kappa shape index (κ2) is 37.7. The van der Waals surface area contributed by atoms with Crippen LogP contribution in [0.3, 0.4) is 0 Å². The minimum atomic E-state index is -3.28. The molecule has 46 nitrogen and oxygen atoms in total. The van der Waals surface area contributed by atoms with E-state index in [1.165, 1.54) is 6.92 Å². The van der Waals surface area contributed by atoms with Crippen LogP contribution in [0.25, 0.3) is 0 Å². The van der Waals surface area contributed by atoms with Crippen LogP contribution in [-0.2, 0) is 85.5 Å². The third-order valence-electron chi connectivity index (χ3n) is 18.4. The number of carboxylic acid groups (broad SMARTS) is 1. The molecule has 7 rings (SSSR count). The Balaban J connectivity index is 1.22. The molecule has 7 saturated heterocycles. The molecule has 0 unspecified atom stereocenters. The Kier molecular flexibility index (Phi) is 31.7. The fourth-order valence-corrected chi connectivity index (χ4v) is 12.8. The van der Waals surface area contributed by atoms with Crippen LogP contribution in [0.5, 0.6) is 0 Å². The standard InChI is InChI=1S/C57H97N3O43/c1-14-30(75)37(82)39(84)52(91-14)100-47-29(60-17(4)70)50(94-25(12-67)45(47)99-53-40(85)38(83)33(78)22(9-64)92-53)90-13-26-35(80)48(41(86)54(96-26)97-43(21(74)8-63)31(76)19(72)6-61)101-51-28(59-16(3)69)36(81)44(24(11-66)95-51)98-55-42(87)49(34(79)23(10-65)93-55)103-57(56(88)89)5-18(71)27(58-15(2)68)46(102-57)32(77)20(73)7-62/h14,18-55,61-67,71-87H,5-13H2,1-4H3,(H,58,68)(H,59,69)(H,60,70)(H,88,89)/t14-,18-,19-,20+,21+,22+,23+,24+,25+,26+,27+,28+,29+,30+,31+,32+,33-,34-,35-,36+,37+,38-,39-,40+,41+,42+,43+,44+,45+,46+,47+,48-,49-,50+,51-,52-,53-,54-,55-,57-/m0/s1. The predicted octanol–water partition coefficient (Wildman–Crippen LogP) is -18.2. The molecule has 46 heteroatoms. The zero-order valence-electron chi connectivity index (χ0n) is 55.4. The average molecular weight is 1510 g/mol. The molecule has 28 N–H and O–H groups in total. The Hall–Kier alpha value is -3.64. The minimum Gasteiger partial charge on any atom is -0.477 e. The number of carboxylic acids is 1. The summed E-state index contributed by atoms with van der Waals surface area (Å²) in [5, 5.41) is 279. The zero-order valence-corrected chi connectivity index (χ0v) is 55.4. The maximum absolute atomic E-state index is 13.2. The van der Waals surface area contributed by atoms with Gasteiger partial charge in [0.15, 0.2) is 37.7 Å². The number of aliphatic hydroxyl groups excluding tert-OH is 24. The lowest BCUT2D eigenvalue weighted by Crippen LogP contribution is -2.71. The second-order valence-electron chi connectivity index (χ2n) is 25.8. The van der Waals surface area contributed by atoms with Crippen LogP contribution in [-0.4, -0.2) is 449 Å². The van der Waals surface area contributed by atoms with Gasteiger partial charge in [-0.1, -0.05) is 0 Å². The Labute approximate surface area is 583 Å². The molecule has 7 aliphatic rings. The summed E-state index contributed by atoms with van der Waals surface area (Å²) in [5.74, 6) is -8.27. The quantitative estimate of drug-likeness (QED) is 0.0306. The molecule has 0 bridgehead atoms. The lowest BCUT2D eigenvalue weighted by atomic mass is 9.88. The first-order chi connectivity index (χ1) is 48.5. The highest BCUT2D eigenvalue weighted by atomic mass is 16.8. The van der Waals surface area contributed by atoms with Crippen molar-refractivity contribution in [1.29, 1.82) is 0 Å². The monoisotopic (exact) mass is 1510 g/mol. The molecule has 0 aromatic heterocycles. The first-order valence-electron chi connectivity index (χ1n) is 32.5. The Morgan fingerprint density at radius 1 is 0.437 bits per heavy atom. The van der Waals surface area contributed by atoms with Crippen molar-refractivity contribution < 1.29 is 213 Å². The molecule has 0 aliphatic carbocycles. The van der Waals surface area contributed by atoms with Gasteiger partial charge in [-0.2, -0.15) is 0 Å². The first kappa shape index (κ1) is 86.6. The van der Waals surface area contributed by atoms with Crippen molar-refractivity contribution in [3.05, 3.63) is 0 Å². The van der Waals surface area contributed by atoms with Crippen LogP contribution in [0.15, 0.2) is 0 Å². The molecule has 7 fully saturated rings. The number of carbonyl (C=O) groups excluding carboxylic acids is 3. The van der Waals surface area contributed by atoms with E-state index >= 15 is 0 Å². The Morgan fingerprint density at radius 2 is 0.883 bits per heavy atom. The maximum Gasteiger partial charge on any atom is 0.364 e. The van der Waals surface area contributed by atoms with Gasteiger partial charge in [0.05, 0.1) is 71.1 Å². The predicted molar refractivity (Wildman–Crippen MR) is 317 cm³/mol. The number of hydrogen-bond donors (Lipinski definition) is 28. The van der Waals surface area contributed by atoms with Gasteiger partial charge in [-0.25, -0.2) is 4.79 Å². The van der Waals surface area contributed by atoms with Crippen molar-refractivity contribution >= 4 is 23.7 Å². The number of nitrogens with one attached hydrogen (secondary N) is 3. The van der Waals surface area contributed by atoms with Crippen LogP contribution < -0.4 is 16.0 Å². The topological polar surface area (TPSA) is 739 Å². The largest absolute Gasteiger partial charge is 0.477 e. The summed E-state index contributed by atoms with van der Waals surface area (Å²) in [6.07, 6.45) is -77.9. The van der Waals surface area contributed by atoms with E-state index in [1.54, 1.807) is 0 Å². The number of rotatable bonds is 31. The molecule has 598 valence electrons. The molecule has 0 radical (unpaired) electrons. The van der Waals surface area contributed by atoms with Crippen LogP contribution in [0.2, 0.25) is 0 Å². The normalized spacial score (nSPS) is 45.1. The fraction of sp³-hybridized carbons (Fsp3) is 0.930. The Bertz CT molecular complexity index is 2670. The summed E-state index contributed by atoms with van der Waals surface area (Å²) in [7, 11) is 0. The van der Waals surface area contributed by atoms with E-state index in [1.807, 2.05) is 0 Å². The molecule has 103 heavy (non-hydrogen) atoms. The molecule has 7 heterocycles. The van der Waals surface area contributed by atoms with Crippen molar-refractivity contribution in [2.75, 3.05) is 52.9 Å². The van der Waals surface area contributed by atoms with Crippen LogP contribution in [0, 0.1) is 0 Å². The zero-order chi connectivity index (χ0) is 76.7. The molecule has 0 saturated carbocycles. The van der Waals surface area contributed by atoms with E-state index in [-0.39, 0.29) is 0 Å². The number of aliphatic carboxylic acids is 1. The van der Waals surface area contributed by atoms with E-state index in [0.29, 0.717) is 0 Å². The van der Waals surface area contributed by atoms with Gasteiger partial charge in [-0.15, -0.1) is 0 Å². The number of ether oxygens (including phenoxy) is 14. The molecule has 0 spiro atoms. The molecule has 0 aromatic carbocycles. The van der Waals surface area contributed by atoms with Crippen LogP contribution in [0.1, 0.15) is 34.1 Å². The van der Waals surface area contributed by atoms with Gasteiger partial charge < -0.3 is 210 Å². The summed E-state index contributed by atoms with van der Waals surface area (Å²) < 4.78 is 82.4. The van der Waals surface area contributed by atoms with Gasteiger partial charge in [-0.3, -0.25) is 14.4 Å². The van der Waals surface area contributed by atoms with Gasteiger partial charge in [0.2, 0.25) is 17.7 Å².